The second kappa shape index (κ2) is 4.92. The Morgan fingerprint density at radius 3 is 3.23 bits per heavy atom. The van der Waals surface area contributed by atoms with E-state index in [1.165, 1.54) is 18.5 Å². The van der Waals surface area contributed by atoms with Gasteiger partial charge < -0.3 is 9.72 Å². The Labute approximate surface area is 75.9 Å². The van der Waals surface area contributed by atoms with Crippen LogP contribution in [0.2, 0.25) is 0 Å². The van der Waals surface area contributed by atoms with Crippen LogP contribution in [0.5, 0.6) is 0 Å². The number of aromatic nitrogens is 2. The minimum atomic E-state index is -0.400. The van der Waals surface area contributed by atoms with Crippen molar-refractivity contribution in [2.75, 3.05) is 6.61 Å². The molecule has 4 nitrogen and oxygen atoms in total. The summed E-state index contributed by atoms with van der Waals surface area (Å²) in [5.74, 6) is -0.400. The maximum atomic E-state index is 10.9. The molecule has 0 amide bonds. The molecule has 4 heteroatoms. The molecule has 0 atom stereocenters. The molecule has 0 aromatic carbocycles. The van der Waals surface area contributed by atoms with E-state index in [1.807, 2.05) is 0 Å². The predicted octanol–water partition coefficient (Wildman–Crippen LogP) is 1.15. The van der Waals surface area contributed by atoms with Gasteiger partial charge in [0.25, 0.3) is 0 Å². The lowest BCUT2D eigenvalue weighted by atomic mass is 10.4. The zero-order chi connectivity index (χ0) is 9.52. The average Bonchev–Trinajstić information content (AvgIpc) is 2.64. The summed E-state index contributed by atoms with van der Waals surface area (Å²) in [6.45, 7) is 3.65. The molecule has 0 bridgehead atoms. The Hall–Kier alpha value is -1.84. The van der Waals surface area contributed by atoms with Gasteiger partial charge in [-0.3, -0.25) is 0 Å². The fraction of sp³-hybridized carbons (Fsp3) is 0.111. The molecule has 13 heavy (non-hydrogen) atoms. The van der Waals surface area contributed by atoms with E-state index in [1.54, 1.807) is 12.3 Å². The molecule has 1 rings (SSSR count). The van der Waals surface area contributed by atoms with Gasteiger partial charge in [0, 0.05) is 12.3 Å². The highest BCUT2D eigenvalue weighted by atomic mass is 16.5. The largest absolute Gasteiger partial charge is 0.458 e. The summed E-state index contributed by atoms with van der Waals surface area (Å²) in [5.41, 5.74) is 0.690. The summed E-state index contributed by atoms with van der Waals surface area (Å²) in [6, 6.07) is 0. The molecule has 0 unspecified atom stereocenters. The number of hydrogen-bond donors (Lipinski definition) is 1. The molecule has 0 aliphatic carbocycles. The normalized spacial score (nSPS) is 10.2. The van der Waals surface area contributed by atoms with Crippen molar-refractivity contribution in [3.8, 4) is 0 Å². The minimum absolute atomic E-state index is 0.226. The van der Waals surface area contributed by atoms with Crippen LogP contribution in [-0.2, 0) is 9.53 Å². The topological polar surface area (TPSA) is 55.0 Å². The highest BCUT2D eigenvalue weighted by molar-refractivity contribution is 5.86. The van der Waals surface area contributed by atoms with E-state index in [0.717, 1.165) is 0 Å². The Kier molecular flexibility index (Phi) is 3.50. The summed E-state index contributed by atoms with van der Waals surface area (Å²) in [4.78, 5) is 17.6. The molecule has 68 valence electrons. The lowest BCUT2D eigenvalue weighted by Crippen LogP contribution is -1.99. The van der Waals surface area contributed by atoms with Crippen LogP contribution in [0, 0.1) is 0 Å². The molecule has 0 saturated carbocycles. The van der Waals surface area contributed by atoms with E-state index in [2.05, 4.69) is 16.5 Å². The Morgan fingerprint density at radius 2 is 2.62 bits per heavy atom. The third kappa shape index (κ3) is 3.37. The van der Waals surface area contributed by atoms with Gasteiger partial charge in [-0.05, 0) is 6.08 Å². The summed E-state index contributed by atoms with van der Waals surface area (Å²) in [7, 11) is 0. The van der Waals surface area contributed by atoms with Crippen molar-refractivity contribution in [2.45, 2.75) is 0 Å². The fourth-order valence-corrected chi connectivity index (χ4v) is 0.705. The van der Waals surface area contributed by atoms with Gasteiger partial charge in [-0.2, -0.15) is 0 Å². The van der Waals surface area contributed by atoms with Crippen molar-refractivity contribution in [1.82, 2.24) is 9.97 Å². The van der Waals surface area contributed by atoms with E-state index < -0.39 is 5.97 Å². The van der Waals surface area contributed by atoms with Crippen LogP contribution in [0.3, 0.4) is 0 Å². The fourth-order valence-electron chi connectivity index (χ4n) is 0.705. The minimum Gasteiger partial charge on any atom is -0.458 e. The second-order valence-corrected chi connectivity index (χ2v) is 2.25. The van der Waals surface area contributed by atoms with E-state index in [0.29, 0.717) is 5.69 Å². The smallest absolute Gasteiger partial charge is 0.331 e. The summed E-state index contributed by atoms with van der Waals surface area (Å²) >= 11 is 0. The van der Waals surface area contributed by atoms with E-state index in [9.17, 15) is 4.79 Å². The summed E-state index contributed by atoms with van der Waals surface area (Å²) < 4.78 is 4.71. The number of rotatable bonds is 4. The van der Waals surface area contributed by atoms with Crippen LogP contribution in [0.1, 0.15) is 5.69 Å². The Morgan fingerprint density at radius 1 is 1.77 bits per heavy atom. The third-order valence-corrected chi connectivity index (χ3v) is 1.25. The van der Waals surface area contributed by atoms with Gasteiger partial charge >= 0.3 is 5.97 Å². The van der Waals surface area contributed by atoms with Gasteiger partial charge in [-0.15, -0.1) is 0 Å². The number of nitrogens with zero attached hydrogens (tertiary/aromatic N) is 1. The molecule has 1 aromatic heterocycles. The van der Waals surface area contributed by atoms with Crippen molar-refractivity contribution >= 4 is 12.0 Å². The molecule has 1 heterocycles. The predicted molar refractivity (Wildman–Crippen MR) is 48.8 cm³/mol. The van der Waals surface area contributed by atoms with Crippen LogP contribution < -0.4 is 0 Å². The van der Waals surface area contributed by atoms with Crippen molar-refractivity contribution in [3.63, 3.8) is 0 Å². The first-order valence-corrected chi connectivity index (χ1v) is 3.77. The maximum Gasteiger partial charge on any atom is 0.331 e. The van der Waals surface area contributed by atoms with Crippen LogP contribution in [0.15, 0.2) is 31.3 Å². The average molecular weight is 178 g/mol. The van der Waals surface area contributed by atoms with Crippen molar-refractivity contribution in [3.05, 3.63) is 36.9 Å². The van der Waals surface area contributed by atoms with E-state index in [4.69, 9.17) is 4.74 Å². The quantitative estimate of drug-likeness (QED) is 0.427. The van der Waals surface area contributed by atoms with Gasteiger partial charge in [0.15, 0.2) is 0 Å². The first-order chi connectivity index (χ1) is 6.33. The molecule has 0 radical (unpaired) electrons. The lowest BCUT2D eigenvalue weighted by molar-refractivity contribution is -0.136. The third-order valence-electron chi connectivity index (χ3n) is 1.25. The van der Waals surface area contributed by atoms with Gasteiger partial charge in [-0.1, -0.05) is 12.7 Å². The van der Waals surface area contributed by atoms with E-state index in [-0.39, 0.29) is 6.61 Å². The first kappa shape index (κ1) is 9.25. The second-order valence-electron chi connectivity index (χ2n) is 2.25. The monoisotopic (exact) mass is 178 g/mol. The number of imidazole rings is 1. The standard InChI is InChI=1S/C9H10N2O2/c1-2-5-13-9(12)4-3-8-6-10-7-11-8/h2-4,6-7H,1,5H2,(H,10,11). The maximum absolute atomic E-state index is 10.9. The molecule has 0 saturated heterocycles. The van der Waals surface area contributed by atoms with Crippen LogP contribution >= 0.6 is 0 Å². The lowest BCUT2D eigenvalue weighted by Gasteiger charge is -1.93. The molecule has 0 spiro atoms. The zero-order valence-electron chi connectivity index (χ0n) is 7.06. The highest BCUT2D eigenvalue weighted by Crippen LogP contribution is 1.94. The number of ether oxygens (including phenoxy) is 1. The number of aromatic amines is 1. The summed E-state index contributed by atoms with van der Waals surface area (Å²) in [5, 5.41) is 0. The number of hydrogen-bond acceptors (Lipinski definition) is 3. The van der Waals surface area contributed by atoms with E-state index >= 15 is 0 Å². The number of carbonyl (C=O) groups excluding carboxylic acids is 1. The Balaban J connectivity index is 2.39. The number of carbonyl (C=O) groups is 1. The van der Waals surface area contributed by atoms with Gasteiger partial charge in [0.05, 0.1) is 12.0 Å². The molecular weight excluding hydrogens is 168 g/mol. The van der Waals surface area contributed by atoms with Crippen LogP contribution in [0.25, 0.3) is 6.08 Å². The molecule has 1 N–H and O–H groups in total. The number of nitrogens with one attached hydrogen (secondary N) is 1. The van der Waals surface area contributed by atoms with Crippen molar-refractivity contribution < 1.29 is 9.53 Å². The Bertz CT molecular complexity index is 301. The highest BCUT2D eigenvalue weighted by Gasteiger charge is 1.94. The zero-order valence-corrected chi connectivity index (χ0v) is 7.06. The molecule has 0 aliphatic rings. The molecular formula is C9H10N2O2. The number of esters is 1. The van der Waals surface area contributed by atoms with Crippen molar-refractivity contribution in [2.24, 2.45) is 0 Å². The number of H-pyrrole nitrogens is 1. The SMILES string of the molecule is C=CCOC(=O)C=Cc1c[nH]cn1. The molecule has 0 fully saturated rings. The van der Waals surface area contributed by atoms with Gasteiger partial charge in [0.1, 0.15) is 6.61 Å². The molecule has 1 aromatic rings. The summed E-state index contributed by atoms with van der Waals surface area (Å²) in [6.07, 6.45) is 7.62. The molecule has 0 aliphatic heterocycles. The first-order valence-electron chi connectivity index (χ1n) is 3.77. The van der Waals surface area contributed by atoms with Crippen molar-refractivity contribution in [1.29, 1.82) is 0 Å². The van der Waals surface area contributed by atoms with Gasteiger partial charge in [0.2, 0.25) is 0 Å². The van der Waals surface area contributed by atoms with Gasteiger partial charge in [-0.25, -0.2) is 9.78 Å². The van der Waals surface area contributed by atoms with Crippen LogP contribution in [0.4, 0.5) is 0 Å². The van der Waals surface area contributed by atoms with Crippen LogP contribution in [-0.4, -0.2) is 22.5 Å².